The Morgan fingerprint density at radius 2 is 1.95 bits per heavy atom. The lowest BCUT2D eigenvalue weighted by Gasteiger charge is -2.10. The number of pyridine rings is 1. The minimum absolute atomic E-state index is 0. The van der Waals surface area contributed by atoms with E-state index in [1.165, 1.54) is 12.1 Å². The van der Waals surface area contributed by atoms with Gasteiger partial charge in [0.25, 0.3) is 0 Å². The number of ether oxygens (including phenoxy) is 1. The zero-order valence-corrected chi connectivity index (χ0v) is 13.3. The number of aromatic nitrogens is 1. The number of benzene rings is 1. The minimum Gasteiger partial charge on any atom is -0.433 e. The van der Waals surface area contributed by atoms with Crippen LogP contribution in [0.15, 0.2) is 30.5 Å². The lowest BCUT2D eigenvalue weighted by atomic mass is 10.0. The second kappa shape index (κ2) is 7.78. The first-order valence-corrected chi connectivity index (χ1v) is 6.68. The van der Waals surface area contributed by atoms with Crippen LogP contribution in [-0.2, 0) is 5.88 Å². The Hall–Kier alpha value is -1.10. The summed E-state index contributed by atoms with van der Waals surface area (Å²) in [5.74, 6) is 0.271. The molecule has 2 aromatic rings. The molecular weight excluding hydrogens is 343 g/mol. The molecule has 0 aliphatic rings. The number of rotatable bonds is 4. The normalized spacial score (nSPS) is 10.4. The molecule has 0 amide bonds. The Morgan fingerprint density at radius 3 is 2.57 bits per heavy atom. The summed E-state index contributed by atoms with van der Waals surface area (Å²) in [5, 5.41) is 0.131. The Kier molecular flexibility index (Phi) is 6.65. The molecule has 0 unspecified atom stereocenters. The van der Waals surface area contributed by atoms with Gasteiger partial charge in [-0.2, -0.15) is 8.78 Å². The van der Waals surface area contributed by atoms with Gasteiger partial charge in [0.15, 0.2) is 0 Å². The van der Waals surface area contributed by atoms with Crippen LogP contribution >= 0.6 is 35.6 Å². The molecule has 1 heterocycles. The topological polar surface area (TPSA) is 22.1 Å². The van der Waals surface area contributed by atoms with Gasteiger partial charge in [0.05, 0.1) is 5.02 Å². The van der Waals surface area contributed by atoms with Crippen molar-refractivity contribution in [3.8, 4) is 16.9 Å². The number of hydrogen-bond acceptors (Lipinski definition) is 2. The van der Waals surface area contributed by atoms with Crippen LogP contribution in [0, 0.1) is 6.92 Å². The predicted octanol–water partition coefficient (Wildman–Crippen LogP) is 5.47. The van der Waals surface area contributed by atoms with E-state index in [-0.39, 0.29) is 23.2 Å². The maximum absolute atomic E-state index is 12.3. The zero-order chi connectivity index (χ0) is 14.7. The average Bonchev–Trinajstić information content (AvgIpc) is 2.41. The molecule has 0 saturated heterocycles. The first-order valence-electron chi connectivity index (χ1n) is 5.77. The molecule has 2 rings (SSSR count). The number of hydrogen-bond donors (Lipinski definition) is 0. The van der Waals surface area contributed by atoms with E-state index >= 15 is 0 Å². The number of alkyl halides is 3. The van der Waals surface area contributed by atoms with E-state index in [0.717, 1.165) is 16.8 Å². The monoisotopic (exact) mass is 353 g/mol. The van der Waals surface area contributed by atoms with Crippen molar-refractivity contribution >= 4 is 35.6 Å². The molecular formula is C14H12Cl3F2NO. The maximum atomic E-state index is 12.3. The highest BCUT2D eigenvalue weighted by molar-refractivity contribution is 6.32. The third kappa shape index (κ3) is 4.43. The molecule has 0 bridgehead atoms. The standard InChI is InChI=1S/C14H11Cl2F2NO.ClH/c1-8-10(6-15)4-11(7-19-8)9-2-3-12(16)13(5-9)20-14(17)18;/h2-5,7,14H,6H2,1H3;1H. The van der Waals surface area contributed by atoms with Gasteiger partial charge in [-0.1, -0.05) is 17.7 Å². The smallest absolute Gasteiger partial charge is 0.387 e. The predicted molar refractivity (Wildman–Crippen MR) is 82.9 cm³/mol. The molecule has 0 radical (unpaired) electrons. The fraction of sp³-hybridized carbons (Fsp3) is 0.214. The molecule has 0 fully saturated rings. The van der Waals surface area contributed by atoms with Crippen molar-refractivity contribution in [1.82, 2.24) is 4.98 Å². The third-order valence-corrected chi connectivity index (χ3v) is 3.42. The SMILES string of the molecule is Cc1ncc(-c2ccc(Cl)c(OC(F)F)c2)cc1CCl.Cl. The summed E-state index contributed by atoms with van der Waals surface area (Å²) in [7, 11) is 0. The Morgan fingerprint density at radius 1 is 1.24 bits per heavy atom. The summed E-state index contributed by atoms with van der Waals surface area (Å²) in [6.45, 7) is -1.06. The minimum atomic E-state index is -2.92. The fourth-order valence-corrected chi connectivity index (χ4v) is 2.17. The zero-order valence-electron chi connectivity index (χ0n) is 10.9. The van der Waals surface area contributed by atoms with Gasteiger partial charge in [-0.25, -0.2) is 0 Å². The van der Waals surface area contributed by atoms with Crippen LogP contribution in [0.4, 0.5) is 8.78 Å². The summed E-state index contributed by atoms with van der Waals surface area (Å²) in [4.78, 5) is 4.23. The first-order chi connectivity index (χ1) is 9.51. The summed E-state index contributed by atoms with van der Waals surface area (Å²) < 4.78 is 29.0. The molecule has 0 aliphatic carbocycles. The van der Waals surface area contributed by atoms with Crippen LogP contribution in [0.1, 0.15) is 11.3 Å². The van der Waals surface area contributed by atoms with Crippen molar-refractivity contribution in [1.29, 1.82) is 0 Å². The first kappa shape index (κ1) is 18.0. The van der Waals surface area contributed by atoms with E-state index < -0.39 is 6.61 Å². The van der Waals surface area contributed by atoms with Crippen molar-refractivity contribution in [2.45, 2.75) is 19.4 Å². The van der Waals surface area contributed by atoms with E-state index in [2.05, 4.69) is 9.72 Å². The van der Waals surface area contributed by atoms with E-state index in [1.807, 2.05) is 13.0 Å². The molecule has 2 nitrogen and oxygen atoms in total. The third-order valence-electron chi connectivity index (χ3n) is 2.82. The highest BCUT2D eigenvalue weighted by Gasteiger charge is 2.11. The van der Waals surface area contributed by atoms with Gasteiger partial charge in [0, 0.05) is 23.3 Å². The van der Waals surface area contributed by atoms with Gasteiger partial charge < -0.3 is 4.74 Å². The summed E-state index contributed by atoms with van der Waals surface area (Å²) in [5.41, 5.74) is 3.17. The van der Waals surface area contributed by atoms with Crippen molar-refractivity contribution in [3.05, 3.63) is 46.7 Å². The average molecular weight is 355 g/mol. The van der Waals surface area contributed by atoms with E-state index in [1.54, 1.807) is 12.3 Å². The number of halogens is 5. The van der Waals surface area contributed by atoms with Gasteiger partial charge in [-0.05, 0) is 36.2 Å². The largest absolute Gasteiger partial charge is 0.433 e. The molecule has 0 N–H and O–H groups in total. The van der Waals surface area contributed by atoms with Crippen LogP contribution in [-0.4, -0.2) is 11.6 Å². The second-order valence-electron chi connectivity index (χ2n) is 4.13. The number of aryl methyl sites for hydroxylation is 1. The van der Waals surface area contributed by atoms with Crippen LogP contribution in [0.3, 0.4) is 0 Å². The van der Waals surface area contributed by atoms with Crippen LogP contribution in [0.25, 0.3) is 11.1 Å². The van der Waals surface area contributed by atoms with Crippen molar-refractivity contribution in [3.63, 3.8) is 0 Å². The quantitative estimate of drug-likeness (QED) is 0.679. The lowest BCUT2D eigenvalue weighted by molar-refractivity contribution is -0.0497. The molecule has 0 aliphatic heterocycles. The molecule has 7 heteroatoms. The highest BCUT2D eigenvalue weighted by atomic mass is 35.5. The van der Waals surface area contributed by atoms with Crippen LogP contribution < -0.4 is 4.74 Å². The molecule has 0 saturated carbocycles. The molecule has 1 aromatic heterocycles. The lowest BCUT2D eigenvalue weighted by Crippen LogP contribution is -2.02. The molecule has 0 atom stereocenters. The van der Waals surface area contributed by atoms with E-state index in [4.69, 9.17) is 23.2 Å². The Balaban J connectivity index is 0.00000220. The number of nitrogens with zero attached hydrogens (tertiary/aromatic N) is 1. The van der Waals surface area contributed by atoms with Gasteiger partial charge in [-0.3, -0.25) is 4.98 Å². The Bertz CT molecular complexity index is 623. The van der Waals surface area contributed by atoms with Gasteiger partial charge >= 0.3 is 6.61 Å². The summed E-state index contributed by atoms with van der Waals surface area (Å²) >= 11 is 11.6. The van der Waals surface area contributed by atoms with Gasteiger partial charge in [-0.15, -0.1) is 24.0 Å². The summed E-state index contributed by atoms with van der Waals surface area (Å²) in [6.07, 6.45) is 1.65. The highest BCUT2D eigenvalue weighted by Crippen LogP contribution is 2.32. The van der Waals surface area contributed by atoms with E-state index in [0.29, 0.717) is 11.4 Å². The van der Waals surface area contributed by atoms with Crippen LogP contribution in [0.5, 0.6) is 5.75 Å². The van der Waals surface area contributed by atoms with Crippen molar-refractivity contribution < 1.29 is 13.5 Å². The molecule has 0 spiro atoms. The van der Waals surface area contributed by atoms with Crippen LogP contribution in [0.2, 0.25) is 5.02 Å². The summed E-state index contributed by atoms with van der Waals surface area (Å²) in [6, 6.07) is 6.55. The van der Waals surface area contributed by atoms with E-state index in [9.17, 15) is 8.78 Å². The fourth-order valence-electron chi connectivity index (χ4n) is 1.74. The van der Waals surface area contributed by atoms with Crippen molar-refractivity contribution in [2.24, 2.45) is 0 Å². The molecule has 114 valence electrons. The molecule has 1 aromatic carbocycles. The molecule has 21 heavy (non-hydrogen) atoms. The maximum Gasteiger partial charge on any atom is 0.387 e. The second-order valence-corrected chi connectivity index (χ2v) is 4.80. The Labute approximate surface area is 137 Å². The van der Waals surface area contributed by atoms with Gasteiger partial charge in [0.1, 0.15) is 5.75 Å². The van der Waals surface area contributed by atoms with Gasteiger partial charge in [0.2, 0.25) is 0 Å². The van der Waals surface area contributed by atoms with Crippen molar-refractivity contribution in [2.75, 3.05) is 0 Å².